The van der Waals surface area contributed by atoms with Crippen LogP contribution in [0.2, 0.25) is 0 Å². The van der Waals surface area contributed by atoms with Crippen LogP contribution in [0.5, 0.6) is 0 Å². The second kappa shape index (κ2) is 7.27. The number of benzene rings is 1. The molecule has 0 N–H and O–H groups in total. The summed E-state index contributed by atoms with van der Waals surface area (Å²) in [6.45, 7) is 0.367. The van der Waals surface area contributed by atoms with Crippen molar-refractivity contribution in [3.63, 3.8) is 0 Å². The molecule has 1 aromatic carbocycles. The minimum atomic E-state index is -3.23. The first kappa shape index (κ1) is 17.9. The smallest absolute Gasteiger partial charge is 0.227 e. The van der Waals surface area contributed by atoms with Gasteiger partial charge >= 0.3 is 0 Å². The van der Waals surface area contributed by atoms with Crippen LogP contribution < -0.4 is 0 Å². The molecular formula is C21H22N2O3S. The number of amides is 1. The van der Waals surface area contributed by atoms with E-state index in [-0.39, 0.29) is 18.1 Å². The van der Waals surface area contributed by atoms with Gasteiger partial charge in [0.25, 0.3) is 0 Å². The zero-order valence-corrected chi connectivity index (χ0v) is 15.8. The molecule has 2 aromatic rings. The Morgan fingerprint density at radius 1 is 1.04 bits per heavy atom. The highest BCUT2D eigenvalue weighted by Gasteiger charge is 2.30. The van der Waals surface area contributed by atoms with Gasteiger partial charge in [0, 0.05) is 24.3 Å². The van der Waals surface area contributed by atoms with Gasteiger partial charge in [-0.05, 0) is 53.7 Å². The third-order valence-corrected chi connectivity index (χ3v) is 6.50. The van der Waals surface area contributed by atoms with Crippen molar-refractivity contribution in [2.45, 2.75) is 37.8 Å². The summed E-state index contributed by atoms with van der Waals surface area (Å²) in [5.41, 5.74) is 3.22. The molecule has 1 aliphatic heterocycles. The third kappa shape index (κ3) is 4.45. The lowest BCUT2D eigenvalue weighted by Gasteiger charge is -2.28. The summed E-state index contributed by atoms with van der Waals surface area (Å²) in [6, 6.07) is 11.5. The molecule has 2 aliphatic rings. The van der Waals surface area contributed by atoms with Crippen LogP contribution in [0.15, 0.2) is 60.3 Å². The summed E-state index contributed by atoms with van der Waals surface area (Å²) in [7, 11) is -3.23. The van der Waals surface area contributed by atoms with Crippen molar-refractivity contribution in [3.8, 4) is 0 Å². The van der Waals surface area contributed by atoms with Crippen molar-refractivity contribution >= 4 is 15.7 Å². The maximum Gasteiger partial charge on any atom is 0.227 e. The zero-order chi connectivity index (χ0) is 18.9. The molecule has 0 radical (unpaired) electrons. The van der Waals surface area contributed by atoms with Gasteiger partial charge in [-0.1, -0.05) is 24.3 Å². The number of carbonyl (C=O) groups is 1. The zero-order valence-electron chi connectivity index (χ0n) is 15.0. The molecule has 4 rings (SSSR count). The average Bonchev–Trinajstić information content (AvgIpc) is 3.44. The molecule has 1 saturated carbocycles. The van der Waals surface area contributed by atoms with Crippen molar-refractivity contribution in [1.82, 2.24) is 9.88 Å². The van der Waals surface area contributed by atoms with Crippen molar-refractivity contribution in [3.05, 3.63) is 77.0 Å². The average molecular weight is 382 g/mol. The van der Waals surface area contributed by atoms with E-state index in [2.05, 4.69) is 17.1 Å². The SMILES string of the molecule is O=C(Cc1ccc(C2CC2)cc1)N(Cc1ccncc1)C1C=CS(=O)(=O)C1. The monoisotopic (exact) mass is 382 g/mol. The Hall–Kier alpha value is -2.47. The highest BCUT2D eigenvalue weighted by molar-refractivity contribution is 7.94. The van der Waals surface area contributed by atoms with Crippen LogP contribution in [0.3, 0.4) is 0 Å². The standard InChI is InChI=1S/C21H22N2O3S/c24-21(13-16-1-3-18(4-2-16)19-5-6-19)23(14-17-7-10-22-11-8-17)20-9-12-27(25,26)15-20/h1-4,7-12,19-20H,5-6,13-15H2. The number of pyridine rings is 1. The van der Waals surface area contributed by atoms with Gasteiger partial charge in [-0.3, -0.25) is 9.78 Å². The van der Waals surface area contributed by atoms with E-state index in [1.807, 2.05) is 24.3 Å². The Morgan fingerprint density at radius 2 is 1.74 bits per heavy atom. The second-order valence-corrected chi connectivity index (χ2v) is 9.23. The van der Waals surface area contributed by atoms with Gasteiger partial charge in [0.1, 0.15) is 0 Å². The molecule has 1 unspecified atom stereocenters. The first-order valence-corrected chi connectivity index (χ1v) is 10.9. The third-order valence-electron chi connectivity index (χ3n) is 5.12. The van der Waals surface area contributed by atoms with Gasteiger partial charge in [-0.2, -0.15) is 0 Å². The molecule has 5 nitrogen and oxygen atoms in total. The van der Waals surface area contributed by atoms with Crippen molar-refractivity contribution < 1.29 is 13.2 Å². The molecule has 0 saturated heterocycles. The molecule has 1 aromatic heterocycles. The Balaban J connectivity index is 1.51. The molecule has 27 heavy (non-hydrogen) atoms. The van der Waals surface area contributed by atoms with Crippen LogP contribution in [0, 0.1) is 0 Å². The first-order chi connectivity index (χ1) is 13.0. The lowest BCUT2D eigenvalue weighted by Crippen LogP contribution is -2.41. The number of nitrogens with zero attached hydrogens (tertiary/aromatic N) is 2. The van der Waals surface area contributed by atoms with Gasteiger partial charge in [0.15, 0.2) is 9.84 Å². The fourth-order valence-corrected chi connectivity index (χ4v) is 4.73. The van der Waals surface area contributed by atoms with E-state index in [1.54, 1.807) is 23.4 Å². The van der Waals surface area contributed by atoms with E-state index in [0.717, 1.165) is 11.1 Å². The van der Waals surface area contributed by atoms with Crippen molar-refractivity contribution in [2.24, 2.45) is 0 Å². The summed E-state index contributed by atoms with van der Waals surface area (Å²) in [5.74, 6) is 0.564. The van der Waals surface area contributed by atoms with Gasteiger partial charge in [-0.15, -0.1) is 0 Å². The minimum Gasteiger partial charge on any atom is -0.331 e. The van der Waals surface area contributed by atoms with Gasteiger partial charge in [0.05, 0.1) is 18.2 Å². The van der Waals surface area contributed by atoms with E-state index in [1.165, 1.54) is 23.8 Å². The molecule has 1 atom stereocenters. The Morgan fingerprint density at radius 3 is 2.33 bits per heavy atom. The molecular weight excluding hydrogens is 360 g/mol. The van der Waals surface area contributed by atoms with Gasteiger partial charge in [-0.25, -0.2) is 8.42 Å². The Bertz CT molecular complexity index is 949. The van der Waals surface area contributed by atoms with Crippen LogP contribution in [-0.4, -0.2) is 36.0 Å². The second-order valence-electron chi connectivity index (χ2n) is 7.30. The van der Waals surface area contributed by atoms with Crippen LogP contribution >= 0.6 is 0 Å². The number of hydrogen-bond donors (Lipinski definition) is 0. The largest absolute Gasteiger partial charge is 0.331 e. The quantitative estimate of drug-likeness (QED) is 0.770. The fraction of sp³-hybridized carbons (Fsp3) is 0.333. The van der Waals surface area contributed by atoms with Crippen molar-refractivity contribution in [1.29, 1.82) is 0 Å². The summed E-state index contributed by atoms with van der Waals surface area (Å²) in [5, 5.41) is 1.22. The first-order valence-electron chi connectivity index (χ1n) is 9.18. The summed E-state index contributed by atoms with van der Waals surface area (Å²) in [4.78, 5) is 18.7. The predicted octanol–water partition coefficient (Wildman–Crippen LogP) is 2.84. The number of aromatic nitrogens is 1. The molecule has 1 fully saturated rings. The van der Waals surface area contributed by atoms with Crippen LogP contribution in [0.25, 0.3) is 0 Å². The number of sulfone groups is 1. The molecule has 6 heteroatoms. The Labute approximate surface area is 159 Å². The van der Waals surface area contributed by atoms with Gasteiger partial charge < -0.3 is 4.90 Å². The molecule has 1 amide bonds. The minimum absolute atomic E-state index is 0.0511. The summed E-state index contributed by atoms with van der Waals surface area (Å²) >= 11 is 0. The van der Waals surface area contributed by atoms with E-state index >= 15 is 0 Å². The highest BCUT2D eigenvalue weighted by Crippen LogP contribution is 2.39. The normalized spacial score (nSPS) is 20.5. The summed E-state index contributed by atoms with van der Waals surface area (Å²) < 4.78 is 23.7. The number of carbonyl (C=O) groups excluding carboxylic acids is 1. The van der Waals surface area contributed by atoms with E-state index in [9.17, 15) is 13.2 Å². The van der Waals surface area contributed by atoms with Crippen molar-refractivity contribution in [2.75, 3.05) is 5.75 Å². The Kier molecular flexibility index (Phi) is 4.83. The number of rotatable bonds is 6. The highest BCUT2D eigenvalue weighted by atomic mass is 32.2. The topological polar surface area (TPSA) is 67.3 Å². The van der Waals surface area contributed by atoms with Crippen LogP contribution in [0.4, 0.5) is 0 Å². The summed E-state index contributed by atoms with van der Waals surface area (Å²) in [6.07, 6.45) is 7.73. The van der Waals surface area contributed by atoms with E-state index in [0.29, 0.717) is 12.5 Å². The number of hydrogen-bond acceptors (Lipinski definition) is 4. The maximum absolute atomic E-state index is 13.0. The molecule has 0 spiro atoms. The predicted molar refractivity (Wildman–Crippen MR) is 104 cm³/mol. The van der Waals surface area contributed by atoms with E-state index in [4.69, 9.17) is 0 Å². The molecule has 0 bridgehead atoms. The maximum atomic E-state index is 13.0. The lowest BCUT2D eigenvalue weighted by atomic mass is 10.0. The van der Waals surface area contributed by atoms with Gasteiger partial charge in [0.2, 0.25) is 5.91 Å². The van der Waals surface area contributed by atoms with Crippen LogP contribution in [0.1, 0.15) is 35.4 Å². The molecule has 2 heterocycles. The molecule has 140 valence electrons. The molecule has 1 aliphatic carbocycles. The van der Waals surface area contributed by atoms with Crippen LogP contribution in [-0.2, 0) is 27.6 Å². The van der Waals surface area contributed by atoms with E-state index < -0.39 is 15.9 Å². The fourth-order valence-electron chi connectivity index (χ4n) is 3.43. The lowest BCUT2D eigenvalue weighted by molar-refractivity contribution is -0.132.